The number of rotatable bonds is 5. The Balaban J connectivity index is 1.86. The maximum Gasteiger partial charge on any atom is 0.331 e. The number of carbonyl (C=O) groups excluding carboxylic acids is 2. The Hall–Kier alpha value is -2.93. The summed E-state index contributed by atoms with van der Waals surface area (Å²) in [5.74, 6) is -0.908. The maximum absolute atomic E-state index is 13.3. The van der Waals surface area contributed by atoms with E-state index in [1.54, 1.807) is 26.2 Å². The smallest absolute Gasteiger partial charge is 0.331 e. The fourth-order valence-electron chi connectivity index (χ4n) is 4.22. The predicted molar refractivity (Wildman–Crippen MR) is 114 cm³/mol. The molecule has 0 radical (unpaired) electrons. The van der Waals surface area contributed by atoms with Crippen molar-refractivity contribution in [2.75, 3.05) is 20.7 Å². The number of aryl methyl sites for hydroxylation is 1. The zero-order chi connectivity index (χ0) is 21.9. The number of esters is 1. The average molecular weight is 412 g/mol. The summed E-state index contributed by atoms with van der Waals surface area (Å²) in [5, 5.41) is 0. The zero-order valence-electron chi connectivity index (χ0n) is 18.0. The molecule has 7 heteroatoms. The molecule has 0 unspecified atom stereocenters. The molecule has 1 saturated heterocycles. The third-order valence-electron chi connectivity index (χ3n) is 6.04. The molecule has 7 nitrogen and oxygen atoms in total. The van der Waals surface area contributed by atoms with Crippen LogP contribution >= 0.6 is 0 Å². The first-order chi connectivity index (χ1) is 14.3. The van der Waals surface area contributed by atoms with Gasteiger partial charge in [0.05, 0.1) is 7.11 Å². The molecule has 0 bridgehead atoms. The van der Waals surface area contributed by atoms with E-state index in [1.807, 2.05) is 25.2 Å². The molecule has 2 heterocycles. The van der Waals surface area contributed by atoms with Gasteiger partial charge in [-0.1, -0.05) is 30.3 Å². The molecule has 1 amide bonds. The van der Waals surface area contributed by atoms with Crippen molar-refractivity contribution in [3.05, 3.63) is 70.1 Å². The van der Waals surface area contributed by atoms with Gasteiger partial charge in [-0.3, -0.25) is 14.5 Å². The van der Waals surface area contributed by atoms with Crippen molar-refractivity contribution in [3.8, 4) is 0 Å². The molecule has 3 rings (SSSR count). The topological polar surface area (TPSA) is 71.8 Å². The molecular formula is C23H29N3O4. The van der Waals surface area contributed by atoms with Crippen molar-refractivity contribution in [2.24, 2.45) is 7.05 Å². The van der Waals surface area contributed by atoms with E-state index in [-0.39, 0.29) is 17.2 Å². The van der Waals surface area contributed by atoms with Gasteiger partial charge < -0.3 is 14.2 Å². The van der Waals surface area contributed by atoms with Crippen LogP contribution in [0.1, 0.15) is 35.7 Å². The highest BCUT2D eigenvalue weighted by Crippen LogP contribution is 2.33. The molecule has 1 aliphatic rings. The number of piperidine rings is 1. The quantitative estimate of drug-likeness (QED) is 0.705. The summed E-state index contributed by atoms with van der Waals surface area (Å²) >= 11 is 0. The third-order valence-corrected chi connectivity index (χ3v) is 6.04. The number of nitrogens with zero attached hydrogens (tertiary/aromatic N) is 3. The highest BCUT2D eigenvalue weighted by Gasteiger charge is 2.49. The zero-order valence-corrected chi connectivity index (χ0v) is 18.0. The number of pyridine rings is 1. The van der Waals surface area contributed by atoms with Gasteiger partial charge in [-0.05, 0) is 44.5 Å². The second kappa shape index (κ2) is 8.83. The fraction of sp³-hybridized carbons (Fsp3) is 0.435. The molecular weight excluding hydrogens is 382 g/mol. The van der Waals surface area contributed by atoms with Crippen molar-refractivity contribution >= 4 is 11.9 Å². The van der Waals surface area contributed by atoms with Crippen LogP contribution in [0.5, 0.6) is 0 Å². The van der Waals surface area contributed by atoms with Gasteiger partial charge in [0.25, 0.3) is 11.5 Å². The number of benzene rings is 1. The lowest BCUT2D eigenvalue weighted by atomic mass is 9.84. The van der Waals surface area contributed by atoms with Crippen molar-refractivity contribution in [2.45, 2.75) is 37.9 Å². The Morgan fingerprint density at radius 2 is 1.90 bits per heavy atom. The van der Waals surface area contributed by atoms with Crippen LogP contribution in [-0.2, 0) is 23.1 Å². The van der Waals surface area contributed by atoms with Gasteiger partial charge in [0.2, 0.25) is 0 Å². The molecule has 1 aromatic heterocycles. The number of likely N-dealkylation sites (tertiary alicyclic amines) is 1. The molecule has 160 valence electrons. The van der Waals surface area contributed by atoms with E-state index in [2.05, 4.69) is 17.0 Å². The highest BCUT2D eigenvalue weighted by atomic mass is 16.5. The first-order valence-corrected chi connectivity index (χ1v) is 10.1. The summed E-state index contributed by atoms with van der Waals surface area (Å²) in [6.45, 7) is 2.84. The van der Waals surface area contributed by atoms with Gasteiger partial charge in [0.15, 0.2) is 0 Å². The summed E-state index contributed by atoms with van der Waals surface area (Å²) in [6, 6.07) is 13.4. The Kier molecular flexibility index (Phi) is 6.41. The molecule has 0 spiro atoms. The Morgan fingerprint density at radius 3 is 2.57 bits per heavy atom. The molecule has 0 aliphatic carbocycles. The van der Waals surface area contributed by atoms with E-state index in [0.717, 1.165) is 6.54 Å². The van der Waals surface area contributed by atoms with Crippen molar-refractivity contribution in [3.63, 3.8) is 0 Å². The van der Waals surface area contributed by atoms with E-state index in [9.17, 15) is 14.4 Å². The molecule has 0 N–H and O–H groups in total. The summed E-state index contributed by atoms with van der Waals surface area (Å²) in [6.07, 6.45) is 2.74. The average Bonchev–Trinajstić information content (AvgIpc) is 2.75. The van der Waals surface area contributed by atoms with Gasteiger partial charge in [0, 0.05) is 32.4 Å². The van der Waals surface area contributed by atoms with Crippen LogP contribution in [0.3, 0.4) is 0 Å². The molecule has 2 aromatic rings. The number of carbonyl (C=O) groups is 2. The predicted octanol–water partition coefficient (Wildman–Crippen LogP) is 2.05. The molecule has 0 saturated carbocycles. The number of ether oxygens (including phenoxy) is 1. The number of methoxy groups -OCH3 is 1. The highest BCUT2D eigenvalue weighted by molar-refractivity contribution is 5.98. The van der Waals surface area contributed by atoms with E-state index in [1.165, 1.54) is 28.2 Å². The summed E-state index contributed by atoms with van der Waals surface area (Å²) in [7, 11) is 4.96. The van der Waals surface area contributed by atoms with Crippen LogP contribution in [-0.4, -0.2) is 58.5 Å². The van der Waals surface area contributed by atoms with Crippen LogP contribution in [0, 0.1) is 0 Å². The van der Waals surface area contributed by atoms with Crippen molar-refractivity contribution in [1.29, 1.82) is 0 Å². The number of aromatic nitrogens is 1. The SMILES string of the molecule is COC(=O)[C@@]1(C)C[C@H](N(C)Cc2ccccc2)CCN1C(=O)c1cccn(C)c1=O. The van der Waals surface area contributed by atoms with E-state index >= 15 is 0 Å². The van der Waals surface area contributed by atoms with E-state index in [4.69, 9.17) is 4.74 Å². The van der Waals surface area contributed by atoms with Crippen LogP contribution in [0.4, 0.5) is 0 Å². The second-order valence-corrected chi connectivity index (χ2v) is 8.11. The van der Waals surface area contributed by atoms with E-state index < -0.39 is 17.4 Å². The Morgan fingerprint density at radius 1 is 1.20 bits per heavy atom. The van der Waals surface area contributed by atoms with Gasteiger partial charge in [0.1, 0.15) is 11.1 Å². The summed E-state index contributed by atoms with van der Waals surface area (Å²) < 4.78 is 6.44. The standard InChI is InChI=1S/C23H29N3O4/c1-23(22(29)30-4)15-18(25(3)16-17-9-6-5-7-10-17)12-14-26(23)21(28)19-11-8-13-24(2)20(19)27/h5-11,13,18H,12,14-16H2,1-4H3/t18-,23-/m1/s1. The van der Waals surface area contributed by atoms with Crippen molar-refractivity contribution in [1.82, 2.24) is 14.4 Å². The first-order valence-electron chi connectivity index (χ1n) is 10.1. The Bertz CT molecular complexity index is 972. The molecule has 1 fully saturated rings. The minimum Gasteiger partial charge on any atom is -0.467 e. The van der Waals surface area contributed by atoms with Crippen LogP contribution in [0.2, 0.25) is 0 Å². The van der Waals surface area contributed by atoms with Crippen LogP contribution in [0.25, 0.3) is 0 Å². The van der Waals surface area contributed by atoms with Gasteiger partial charge in [-0.15, -0.1) is 0 Å². The molecule has 1 aromatic carbocycles. The number of hydrogen-bond donors (Lipinski definition) is 0. The largest absolute Gasteiger partial charge is 0.467 e. The molecule has 1 aliphatic heterocycles. The number of hydrogen-bond acceptors (Lipinski definition) is 5. The Labute approximate surface area is 176 Å². The fourth-order valence-corrected chi connectivity index (χ4v) is 4.22. The lowest BCUT2D eigenvalue weighted by Crippen LogP contribution is -2.62. The normalized spacial score (nSPS) is 21.5. The monoisotopic (exact) mass is 411 g/mol. The van der Waals surface area contributed by atoms with Crippen molar-refractivity contribution < 1.29 is 14.3 Å². The number of amides is 1. The molecule has 30 heavy (non-hydrogen) atoms. The third kappa shape index (κ3) is 4.16. The summed E-state index contributed by atoms with van der Waals surface area (Å²) in [5.41, 5.74) is -0.282. The molecule has 2 atom stereocenters. The van der Waals surface area contributed by atoms with Crippen LogP contribution < -0.4 is 5.56 Å². The second-order valence-electron chi connectivity index (χ2n) is 8.11. The lowest BCUT2D eigenvalue weighted by Gasteiger charge is -2.47. The maximum atomic E-state index is 13.3. The first kappa shape index (κ1) is 21.8. The van der Waals surface area contributed by atoms with Gasteiger partial charge in [-0.2, -0.15) is 0 Å². The lowest BCUT2D eigenvalue weighted by molar-refractivity contribution is -0.156. The summed E-state index contributed by atoms with van der Waals surface area (Å²) in [4.78, 5) is 42.2. The van der Waals surface area contributed by atoms with Crippen LogP contribution in [0.15, 0.2) is 53.5 Å². The minimum absolute atomic E-state index is 0.0613. The minimum atomic E-state index is -1.15. The van der Waals surface area contributed by atoms with Gasteiger partial charge >= 0.3 is 5.97 Å². The van der Waals surface area contributed by atoms with E-state index in [0.29, 0.717) is 19.4 Å². The van der Waals surface area contributed by atoms with Gasteiger partial charge in [-0.25, -0.2) is 4.79 Å².